The highest BCUT2D eigenvalue weighted by molar-refractivity contribution is 8.06. The Hall–Kier alpha value is -3.56. The van der Waals surface area contributed by atoms with Gasteiger partial charge in [-0.25, -0.2) is 9.97 Å². The van der Waals surface area contributed by atoms with Crippen molar-refractivity contribution in [3.63, 3.8) is 0 Å². The number of allylic oxidation sites excluding steroid dienone is 1. The highest BCUT2D eigenvalue weighted by Gasteiger charge is 2.26. The molecule has 0 atom stereocenters. The molecule has 0 radical (unpaired) electrons. The van der Waals surface area contributed by atoms with Gasteiger partial charge in [-0.15, -0.1) is 0 Å². The molecule has 1 fully saturated rings. The van der Waals surface area contributed by atoms with Crippen LogP contribution in [0.5, 0.6) is 0 Å². The Labute approximate surface area is 198 Å². The summed E-state index contributed by atoms with van der Waals surface area (Å²) in [5, 5.41) is 16.3. The Morgan fingerprint density at radius 1 is 0.970 bits per heavy atom. The number of nitriles is 1. The number of benzene rings is 2. The van der Waals surface area contributed by atoms with Gasteiger partial charge in [0.25, 0.3) is 0 Å². The summed E-state index contributed by atoms with van der Waals surface area (Å²) in [5.41, 5.74) is 4.34. The standard InChI is InChI=1S/C27H25N5S/c28-18-23(26-30-25(19-33-26)20-10-4-1-5-11-20)24-16-17-29-27(31-24)32(21-12-6-2-7-13-21)22-14-8-3-9-15-22/h1-2,4-7,10-13,16-17,19,22,30H,3,8-9,14-15H2. The monoisotopic (exact) mass is 451 g/mol. The van der Waals surface area contributed by atoms with Gasteiger partial charge in [0.15, 0.2) is 0 Å². The molecule has 6 heteroatoms. The van der Waals surface area contributed by atoms with Crippen LogP contribution in [0.4, 0.5) is 11.6 Å². The number of para-hydroxylation sites is 1. The molecule has 0 saturated heterocycles. The fraction of sp³-hybridized carbons (Fsp3) is 0.222. The third-order valence-electron chi connectivity index (χ3n) is 6.06. The molecule has 1 aromatic heterocycles. The predicted molar refractivity (Wildman–Crippen MR) is 135 cm³/mol. The third-order valence-corrected chi connectivity index (χ3v) is 6.95. The van der Waals surface area contributed by atoms with Gasteiger partial charge in [-0.2, -0.15) is 5.26 Å². The summed E-state index contributed by atoms with van der Waals surface area (Å²) in [6.45, 7) is 0. The van der Waals surface area contributed by atoms with Gasteiger partial charge < -0.3 is 10.2 Å². The van der Waals surface area contributed by atoms with Crippen molar-refractivity contribution >= 4 is 34.7 Å². The zero-order valence-corrected chi connectivity index (χ0v) is 19.1. The van der Waals surface area contributed by atoms with Crippen LogP contribution >= 0.6 is 11.8 Å². The third kappa shape index (κ3) is 4.64. The quantitative estimate of drug-likeness (QED) is 0.448. The van der Waals surface area contributed by atoms with Crippen LogP contribution in [0, 0.1) is 11.3 Å². The molecule has 1 N–H and O–H groups in total. The number of aromatic nitrogens is 2. The van der Waals surface area contributed by atoms with Crippen molar-refractivity contribution in [2.75, 3.05) is 4.90 Å². The first-order chi connectivity index (χ1) is 16.3. The highest BCUT2D eigenvalue weighted by atomic mass is 32.2. The Morgan fingerprint density at radius 3 is 2.42 bits per heavy atom. The highest BCUT2D eigenvalue weighted by Crippen LogP contribution is 2.36. The van der Waals surface area contributed by atoms with Gasteiger partial charge in [0.1, 0.15) is 11.6 Å². The minimum atomic E-state index is 0.361. The molecule has 33 heavy (non-hydrogen) atoms. The topological polar surface area (TPSA) is 64.8 Å². The normalized spacial score (nSPS) is 17.6. The van der Waals surface area contributed by atoms with E-state index in [9.17, 15) is 5.26 Å². The molecule has 2 heterocycles. The minimum Gasteiger partial charge on any atom is -0.348 e. The zero-order valence-electron chi connectivity index (χ0n) is 18.3. The van der Waals surface area contributed by atoms with Crippen LogP contribution in [0.15, 0.2) is 83.4 Å². The Balaban J connectivity index is 1.48. The Morgan fingerprint density at radius 2 is 1.70 bits per heavy atom. The molecule has 5 rings (SSSR count). The second-order valence-electron chi connectivity index (χ2n) is 8.20. The number of hydrogen-bond acceptors (Lipinski definition) is 6. The predicted octanol–water partition coefficient (Wildman–Crippen LogP) is 6.47. The van der Waals surface area contributed by atoms with Crippen molar-refractivity contribution in [1.29, 1.82) is 5.26 Å². The van der Waals surface area contributed by atoms with Crippen molar-refractivity contribution in [2.45, 2.75) is 38.1 Å². The lowest BCUT2D eigenvalue weighted by molar-refractivity contribution is 0.433. The van der Waals surface area contributed by atoms with E-state index in [4.69, 9.17) is 4.98 Å². The van der Waals surface area contributed by atoms with E-state index >= 15 is 0 Å². The maximum absolute atomic E-state index is 10.0. The van der Waals surface area contributed by atoms with E-state index in [1.54, 1.807) is 6.20 Å². The van der Waals surface area contributed by atoms with E-state index in [-0.39, 0.29) is 0 Å². The van der Waals surface area contributed by atoms with Crippen molar-refractivity contribution in [2.24, 2.45) is 0 Å². The second kappa shape index (κ2) is 9.93. The van der Waals surface area contributed by atoms with Crippen LogP contribution in [0.3, 0.4) is 0 Å². The molecule has 2 aliphatic rings. The van der Waals surface area contributed by atoms with E-state index in [0.717, 1.165) is 34.8 Å². The van der Waals surface area contributed by atoms with Crippen molar-refractivity contribution in [3.8, 4) is 6.07 Å². The van der Waals surface area contributed by atoms with Gasteiger partial charge >= 0.3 is 0 Å². The number of rotatable bonds is 5. The van der Waals surface area contributed by atoms with Crippen molar-refractivity contribution < 1.29 is 0 Å². The average molecular weight is 452 g/mol. The van der Waals surface area contributed by atoms with Gasteiger partial charge in [-0.05, 0) is 36.6 Å². The van der Waals surface area contributed by atoms with E-state index in [0.29, 0.717) is 23.3 Å². The van der Waals surface area contributed by atoms with Gasteiger partial charge in [-0.1, -0.05) is 79.6 Å². The summed E-state index contributed by atoms with van der Waals surface area (Å²) in [7, 11) is 0. The number of nitrogens with zero attached hydrogens (tertiary/aromatic N) is 4. The molecule has 3 aromatic rings. The number of nitrogens with one attached hydrogen (secondary N) is 1. The molecule has 2 aromatic carbocycles. The van der Waals surface area contributed by atoms with E-state index in [1.165, 1.54) is 31.0 Å². The molecule has 1 saturated carbocycles. The van der Waals surface area contributed by atoms with Gasteiger partial charge in [0.2, 0.25) is 5.95 Å². The maximum Gasteiger partial charge on any atom is 0.230 e. The van der Waals surface area contributed by atoms with Crippen molar-refractivity contribution in [1.82, 2.24) is 15.3 Å². The summed E-state index contributed by atoms with van der Waals surface area (Å²) in [6.07, 6.45) is 7.72. The summed E-state index contributed by atoms with van der Waals surface area (Å²) in [5.74, 6) is 0.651. The minimum absolute atomic E-state index is 0.361. The lowest BCUT2D eigenvalue weighted by atomic mass is 9.94. The maximum atomic E-state index is 10.0. The molecular weight excluding hydrogens is 426 g/mol. The summed E-state index contributed by atoms with van der Waals surface area (Å²) in [4.78, 5) is 11.8. The Kier molecular flexibility index (Phi) is 6.41. The molecule has 0 bridgehead atoms. The van der Waals surface area contributed by atoms with Crippen LogP contribution in [0.25, 0.3) is 11.3 Å². The molecule has 0 unspecified atom stereocenters. The van der Waals surface area contributed by atoms with Gasteiger partial charge in [0.05, 0.1) is 16.4 Å². The summed E-state index contributed by atoms with van der Waals surface area (Å²) in [6, 6.07) is 25.0. The van der Waals surface area contributed by atoms with Gasteiger partial charge in [-0.3, -0.25) is 0 Å². The molecule has 164 valence electrons. The number of thioether (sulfide) groups is 1. The second-order valence-corrected chi connectivity index (χ2v) is 9.08. The molecular formula is C27H25N5S. The SMILES string of the molecule is N#CC(=C1NC(c2ccccc2)=CS1)c1ccnc(N(c2ccccc2)C2CCCCC2)n1. The smallest absolute Gasteiger partial charge is 0.230 e. The average Bonchev–Trinajstić information content (AvgIpc) is 3.37. The largest absolute Gasteiger partial charge is 0.348 e. The summed E-state index contributed by atoms with van der Waals surface area (Å²) < 4.78 is 0. The van der Waals surface area contributed by atoms with E-state index in [2.05, 4.69) is 45.5 Å². The van der Waals surface area contributed by atoms with E-state index < -0.39 is 0 Å². The van der Waals surface area contributed by atoms with Crippen LogP contribution in [0.1, 0.15) is 43.4 Å². The van der Waals surface area contributed by atoms with Crippen LogP contribution in [-0.4, -0.2) is 16.0 Å². The van der Waals surface area contributed by atoms with Crippen LogP contribution in [-0.2, 0) is 0 Å². The first-order valence-electron chi connectivity index (χ1n) is 11.3. The molecule has 1 aliphatic carbocycles. The van der Waals surface area contributed by atoms with E-state index in [1.807, 2.05) is 47.9 Å². The van der Waals surface area contributed by atoms with Crippen molar-refractivity contribution in [3.05, 3.63) is 94.6 Å². The fourth-order valence-corrected chi connectivity index (χ4v) is 5.29. The van der Waals surface area contributed by atoms with Crippen LogP contribution < -0.4 is 10.2 Å². The lowest BCUT2D eigenvalue weighted by Gasteiger charge is -2.34. The Bertz CT molecular complexity index is 1210. The molecule has 0 spiro atoms. The summed E-state index contributed by atoms with van der Waals surface area (Å²) >= 11 is 1.52. The number of anilines is 2. The van der Waals surface area contributed by atoms with Crippen LogP contribution in [0.2, 0.25) is 0 Å². The molecule has 5 nitrogen and oxygen atoms in total. The first-order valence-corrected chi connectivity index (χ1v) is 12.2. The zero-order chi connectivity index (χ0) is 22.5. The molecule has 1 aliphatic heterocycles. The first kappa shape index (κ1) is 21.3. The lowest BCUT2D eigenvalue weighted by Crippen LogP contribution is -2.34. The molecule has 0 amide bonds. The fourth-order valence-electron chi connectivity index (χ4n) is 4.42. The number of hydrogen-bond donors (Lipinski definition) is 1. The van der Waals surface area contributed by atoms with Gasteiger partial charge in [0, 0.05) is 23.3 Å².